The molecule has 0 saturated carbocycles. The van der Waals surface area contributed by atoms with Gasteiger partial charge in [-0.3, -0.25) is 0 Å². The van der Waals surface area contributed by atoms with Crippen LogP contribution >= 0.6 is 0 Å². The fraction of sp³-hybridized carbons (Fsp3) is 0.538. The van der Waals surface area contributed by atoms with Crippen LogP contribution in [-0.2, 0) is 9.47 Å². The van der Waals surface area contributed by atoms with E-state index < -0.39 is 20.0 Å². The Labute approximate surface area is 114 Å². The van der Waals surface area contributed by atoms with Crippen LogP contribution in [0.5, 0.6) is 0 Å². The predicted molar refractivity (Wildman–Crippen MR) is 75.3 cm³/mol. The first-order chi connectivity index (χ1) is 8.76. The molecular weight excluding hydrogens is 262 g/mol. The Morgan fingerprint density at radius 1 is 1.26 bits per heavy atom. The first-order valence-electron chi connectivity index (χ1n) is 6.19. The molecule has 0 radical (unpaired) electrons. The number of aromatic nitrogens is 1. The SMILES string of the molecule is COC(=O)c1[nH]cc(C)c1C(=O)OCC[Si](C)(C)C. The number of nitrogens with one attached hydrogen (secondary N) is 1. The van der Waals surface area contributed by atoms with Crippen LogP contribution in [0, 0.1) is 6.92 Å². The van der Waals surface area contributed by atoms with Gasteiger partial charge in [-0.15, -0.1) is 0 Å². The monoisotopic (exact) mass is 283 g/mol. The van der Waals surface area contributed by atoms with Gasteiger partial charge in [-0.2, -0.15) is 0 Å². The van der Waals surface area contributed by atoms with Gasteiger partial charge in [0, 0.05) is 14.3 Å². The van der Waals surface area contributed by atoms with E-state index in [4.69, 9.17) is 4.74 Å². The Bertz CT molecular complexity index is 473. The second-order valence-corrected chi connectivity index (χ2v) is 11.3. The molecule has 0 unspecified atom stereocenters. The van der Waals surface area contributed by atoms with E-state index in [-0.39, 0.29) is 11.3 Å². The Morgan fingerprint density at radius 2 is 1.89 bits per heavy atom. The minimum absolute atomic E-state index is 0.151. The molecule has 1 heterocycles. The van der Waals surface area contributed by atoms with Gasteiger partial charge in [-0.1, -0.05) is 19.6 Å². The van der Waals surface area contributed by atoms with Crippen molar-refractivity contribution in [1.82, 2.24) is 4.98 Å². The third-order valence-corrected chi connectivity index (χ3v) is 4.46. The quantitative estimate of drug-likeness (QED) is 0.666. The average Bonchev–Trinajstić information content (AvgIpc) is 2.68. The predicted octanol–water partition coefficient (Wildman–Crippen LogP) is 2.60. The third kappa shape index (κ3) is 4.24. The highest BCUT2D eigenvalue weighted by atomic mass is 28.3. The molecule has 6 heteroatoms. The normalized spacial score (nSPS) is 11.2. The van der Waals surface area contributed by atoms with Crippen molar-refractivity contribution < 1.29 is 19.1 Å². The lowest BCUT2D eigenvalue weighted by Crippen LogP contribution is -2.23. The average molecular weight is 283 g/mol. The lowest BCUT2D eigenvalue weighted by molar-refractivity contribution is 0.0501. The lowest BCUT2D eigenvalue weighted by Gasteiger charge is -2.15. The highest BCUT2D eigenvalue weighted by Gasteiger charge is 2.23. The summed E-state index contributed by atoms with van der Waals surface area (Å²) in [5.74, 6) is -1.04. The van der Waals surface area contributed by atoms with E-state index in [1.54, 1.807) is 13.1 Å². The molecule has 0 aliphatic carbocycles. The molecule has 106 valence electrons. The molecule has 1 aromatic heterocycles. The Kier molecular flexibility index (Phi) is 4.94. The second kappa shape index (κ2) is 6.05. The summed E-state index contributed by atoms with van der Waals surface area (Å²) in [5.41, 5.74) is 1.10. The summed E-state index contributed by atoms with van der Waals surface area (Å²) in [6, 6.07) is 0.899. The molecule has 0 saturated heterocycles. The van der Waals surface area contributed by atoms with E-state index in [1.165, 1.54) is 7.11 Å². The maximum atomic E-state index is 12.0. The summed E-state index contributed by atoms with van der Waals surface area (Å²) in [7, 11) is 0.0352. The number of hydrogen-bond donors (Lipinski definition) is 1. The van der Waals surface area contributed by atoms with Crippen molar-refractivity contribution in [1.29, 1.82) is 0 Å². The van der Waals surface area contributed by atoms with Gasteiger partial charge in [-0.25, -0.2) is 9.59 Å². The minimum Gasteiger partial charge on any atom is -0.464 e. The van der Waals surface area contributed by atoms with E-state index in [2.05, 4.69) is 29.4 Å². The lowest BCUT2D eigenvalue weighted by atomic mass is 10.1. The number of H-pyrrole nitrogens is 1. The van der Waals surface area contributed by atoms with Crippen LogP contribution < -0.4 is 0 Å². The zero-order valence-corrected chi connectivity index (χ0v) is 13.1. The molecule has 1 rings (SSSR count). The summed E-state index contributed by atoms with van der Waals surface area (Å²) in [6.07, 6.45) is 1.60. The molecule has 0 aliphatic rings. The summed E-state index contributed by atoms with van der Waals surface area (Å²) >= 11 is 0. The Morgan fingerprint density at radius 3 is 2.42 bits per heavy atom. The fourth-order valence-corrected chi connectivity index (χ4v) is 2.28. The minimum atomic E-state index is -1.24. The molecular formula is C13H21NO4Si. The van der Waals surface area contributed by atoms with Gasteiger partial charge in [0.1, 0.15) is 5.69 Å². The first-order valence-corrected chi connectivity index (χ1v) is 9.90. The highest BCUT2D eigenvalue weighted by molar-refractivity contribution is 6.76. The van der Waals surface area contributed by atoms with Gasteiger partial charge in [-0.05, 0) is 18.5 Å². The number of esters is 2. The van der Waals surface area contributed by atoms with Crippen LogP contribution in [0.25, 0.3) is 0 Å². The number of aromatic amines is 1. The number of rotatable bonds is 5. The van der Waals surface area contributed by atoms with Gasteiger partial charge < -0.3 is 14.5 Å². The van der Waals surface area contributed by atoms with E-state index in [0.717, 1.165) is 6.04 Å². The molecule has 0 aromatic carbocycles. The summed E-state index contributed by atoms with van der Waals surface area (Å²) in [5, 5.41) is 0. The van der Waals surface area contributed by atoms with Crippen molar-refractivity contribution in [2.75, 3.05) is 13.7 Å². The molecule has 0 fully saturated rings. The molecule has 0 atom stereocenters. The smallest absolute Gasteiger partial charge is 0.355 e. The molecule has 0 amide bonds. The van der Waals surface area contributed by atoms with Crippen molar-refractivity contribution in [2.24, 2.45) is 0 Å². The Hall–Kier alpha value is -1.56. The molecule has 5 nitrogen and oxygen atoms in total. The zero-order chi connectivity index (χ0) is 14.6. The van der Waals surface area contributed by atoms with Crippen molar-refractivity contribution in [3.63, 3.8) is 0 Å². The van der Waals surface area contributed by atoms with Gasteiger partial charge in [0.2, 0.25) is 0 Å². The summed E-state index contributed by atoms with van der Waals surface area (Å²) < 4.78 is 9.87. The van der Waals surface area contributed by atoms with Crippen LogP contribution in [0.1, 0.15) is 26.4 Å². The molecule has 0 spiro atoms. The molecule has 1 aromatic rings. The number of methoxy groups -OCH3 is 1. The maximum absolute atomic E-state index is 12.0. The molecule has 19 heavy (non-hydrogen) atoms. The van der Waals surface area contributed by atoms with Crippen molar-refractivity contribution in [3.05, 3.63) is 23.0 Å². The van der Waals surface area contributed by atoms with E-state index in [1.807, 2.05) is 0 Å². The van der Waals surface area contributed by atoms with Crippen LogP contribution in [0.4, 0.5) is 0 Å². The summed E-state index contributed by atoms with van der Waals surface area (Å²) in [4.78, 5) is 26.3. The van der Waals surface area contributed by atoms with Crippen LogP contribution in [0.15, 0.2) is 6.20 Å². The van der Waals surface area contributed by atoms with Crippen LogP contribution in [0.2, 0.25) is 25.7 Å². The van der Waals surface area contributed by atoms with Crippen LogP contribution in [0.3, 0.4) is 0 Å². The standard InChI is InChI=1S/C13H21NO4Si/c1-9-8-14-11(13(16)17-2)10(9)12(15)18-6-7-19(3,4)5/h8,14H,6-7H2,1-5H3. The third-order valence-electron chi connectivity index (χ3n) is 2.76. The molecule has 0 bridgehead atoms. The Balaban J connectivity index is 2.77. The number of hydrogen-bond acceptors (Lipinski definition) is 4. The summed E-state index contributed by atoms with van der Waals surface area (Å²) in [6.45, 7) is 8.77. The van der Waals surface area contributed by atoms with Crippen molar-refractivity contribution >= 4 is 20.0 Å². The van der Waals surface area contributed by atoms with Gasteiger partial charge in [0.25, 0.3) is 0 Å². The topological polar surface area (TPSA) is 68.4 Å². The number of aryl methyl sites for hydroxylation is 1. The van der Waals surface area contributed by atoms with Crippen LogP contribution in [-0.4, -0.2) is 38.7 Å². The number of ether oxygens (including phenoxy) is 2. The first kappa shape index (κ1) is 15.5. The van der Waals surface area contributed by atoms with Crippen molar-refractivity contribution in [3.8, 4) is 0 Å². The van der Waals surface area contributed by atoms with E-state index >= 15 is 0 Å². The number of carbonyl (C=O) groups excluding carboxylic acids is 2. The maximum Gasteiger partial charge on any atom is 0.355 e. The molecule has 1 N–H and O–H groups in total. The molecule has 0 aliphatic heterocycles. The van der Waals surface area contributed by atoms with E-state index in [9.17, 15) is 9.59 Å². The van der Waals surface area contributed by atoms with Gasteiger partial charge in [0.05, 0.1) is 19.3 Å². The largest absolute Gasteiger partial charge is 0.464 e. The zero-order valence-electron chi connectivity index (χ0n) is 12.1. The van der Waals surface area contributed by atoms with E-state index in [0.29, 0.717) is 12.2 Å². The second-order valence-electron chi connectivity index (χ2n) is 5.66. The van der Waals surface area contributed by atoms with Gasteiger partial charge in [0.15, 0.2) is 0 Å². The number of carbonyl (C=O) groups is 2. The highest BCUT2D eigenvalue weighted by Crippen LogP contribution is 2.16. The van der Waals surface area contributed by atoms with Gasteiger partial charge >= 0.3 is 11.9 Å². The van der Waals surface area contributed by atoms with Crippen molar-refractivity contribution in [2.45, 2.75) is 32.6 Å². The fourth-order valence-electron chi connectivity index (χ4n) is 1.57.